The summed E-state index contributed by atoms with van der Waals surface area (Å²) in [5, 5.41) is 13.6. The van der Waals surface area contributed by atoms with Gasteiger partial charge < -0.3 is 10.2 Å². The fourth-order valence-electron chi connectivity index (χ4n) is 7.64. The van der Waals surface area contributed by atoms with Crippen molar-refractivity contribution in [3.8, 4) is 11.1 Å². The van der Waals surface area contributed by atoms with Crippen LogP contribution in [0.1, 0.15) is 0 Å². The van der Waals surface area contributed by atoms with Crippen LogP contribution in [0, 0.1) is 0 Å². The fraction of sp³-hybridized carbons (Fsp3) is 0. The molecule has 2 nitrogen and oxygen atoms in total. The highest BCUT2D eigenvalue weighted by Crippen LogP contribution is 2.48. The maximum Gasteiger partial charge on any atom is 0.0555 e. The van der Waals surface area contributed by atoms with Crippen LogP contribution in [0.4, 0.5) is 28.4 Å². The summed E-state index contributed by atoms with van der Waals surface area (Å²) in [5.74, 6) is 0. The zero-order valence-corrected chi connectivity index (χ0v) is 28.6. The quantitative estimate of drug-likeness (QED) is 0.177. The molecule has 1 heterocycles. The van der Waals surface area contributed by atoms with Gasteiger partial charge >= 0.3 is 0 Å². The number of thiophene rings is 1. The summed E-state index contributed by atoms with van der Waals surface area (Å²) in [5.41, 5.74) is 8.07. The van der Waals surface area contributed by atoms with Gasteiger partial charge in [0.25, 0.3) is 0 Å². The summed E-state index contributed by atoms with van der Waals surface area (Å²) in [6.07, 6.45) is 0. The lowest BCUT2D eigenvalue weighted by atomic mass is 9.97. The average Bonchev–Trinajstić information content (AvgIpc) is 3.57. The predicted octanol–water partition coefficient (Wildman–Crippen LogP) is 14.4. The molecule has 0 aliphatic carbocycles. The zero-order valence-electron chi connectivity index (χ0n) is 27.8. The molecule has 51 heavy (non-hydrogen) atoms. The summed E-state index contributed by atoms with van der Waals surface area (Å²) in [6.45, 7) is 0. The molecular formula is C48H32N2S. The van der Waals surface area contributed by atoms with Gasteiger partial charge in [0.2, 0.25) is 0 Å². The average molecular weight is 669 g/mol. The van der Waals surface area contributed by atoms with Crippen LogP contribution >= 0.6 is 11.3 Å². The Bertz CT molecular complexity index is 2890. The van der Waals surface area contributed by atoms with E-state index < -0.39 is 0 Å². The van der Waals surface area contributed by atoms with E-state index in [0.717, 1.165) is 17.1 Å². The Balaban J connectivity index is 1.17. The maximum atomic E-state index is 3.69. The van der Waals surface area contributed by atoms with Gasteiger partial charge in [-0.1, -0.05) is 127 Å². The van der Waals surface area contributed by atoms with Crippen LogP contribution in [-0.2, 0) is 0 Å². The van der Waals surface area contributed by atoms with Crippen molar-refractivity contribution in [2.75, 3.05) is 10.2 Å². The summed E-state index contributed by atoms with van der Waals surface area (Å²) in [6, 6.07) is 68.1. The first-order valence-electron chi connectivity index (χ1n) is 17.3. The molecule has 10 aromatic rings. The molecule has 240 valence electrons. The Kier molecular flexibility index (Phi) is 7.04. The molecule has 0 amide bonds. The smallest absolute Gasteiger partial charge is 0.0555 e. The number of para-hydroxylation sites is 2. The van der Waals surface area contributed by atoms with Crippen molar-refractivity contribution in [2.45, 2.75) is 0 Å². The minimum Gasteiger partial charge on any atom is -0.355 e. The Morgan fingerprint density at radius 1 is 0.392 bits per heavy atom. The van der Waals surface area contributed by atoms with E-state index in [-0.39, 0.29) is 0 Å². The first-order valence-corrected chi connectivity index (χ1v) is 18.2. The van der Waals surface area contributed by atoms with Crippen molar-refractivity contribution in [3.63, 3.8) is 0 Å². The lowest BCUT2D eigenvalue weighted by Gasteiger charge is -2.28. The zero-order chi connectivity index (χ0) is 33.7. The number of benzene rings is 9. The third-order valence-corrected chi connectivity index (χ3v) is 11.1. The van der Waals surface area contributed by atoms with Crippen molar-refractivity contribution in [2.24, 2.45) is 0 Å². The second kappa shape index (κ2) is 12.2. The third-order valence-electron chi connectivity index (χ3n) is 9.97. The topological polar surface area (TPSA) is 15.3 Å². The van der Waals surface area contributed by atoms with E-state index in [9.17, 15) is 0 Å². The number of anilines is 5. The Morgan fingerprint density at radius 3 is 1.86 bits per heavy atom. The highest BCUT2D eigenvalue weighted by molar-refractivity contribution is 7.26. The molecular weight excluding hydrogens is 637 g/mol. The van der Waals surface area contributed by atoms with Crippen LogP contribution in [0.15, 0.2) is 188 Å². The van der Waals surface area contributed by atoms with Crippen LogP contribution in [0.2, 0.25) is 0 Å². The maximum absolute atomic E-state index is 3.69. The van der Waals surface area contributed by atoms with Gasteiger partial charge in [-0.05, 0) is 93.3 Å². The lowest BCUT2D eigenvalue weighted by molar-refractivity contribution is 1.32. The number of nitrogens with one attached hydrogen (secondary N) is 1. The molecule has 10 rings (SSSR count). The molecule has 0 bridgehead atoms. The molecule has 0 fully saturated rings. The van der Waals surface area contributed by atoms with Crippen LogP contribution in [0.5, 0.6) is 0 Å². The molecule has 9 aromatic carbocycles. The molecule has 0 saturated heterocycles. The molecule has 0 saturated carbocycles. The first-order chi connectivity index (χ1) is 25.3. The largest absolute Gasteiger partial charge is 0.355 e. The Morgan fingerprint density at radius 2 is 1.06 bits per heavy atom. The highest BCUT2D eigenvalue weighted by atomic mass is 32.1. The van der Waals surface area contributed by atoms with Crippen molar-refractivity contribution in [1.29, 1.82) is 0 Å². The summed E-state index contributed by atoms with van der Waals surface area (Å²) in [7, 11) is 0. The van der Waals surface area contributed by atoms with Gasteiger partial charge in [-0.25, -0.2) is 0 Å². The molecule has 1 N–H and O–H groups in total. The van der Waals surface area contributed by atoms with Crippen molar-refractivity contribution in [3.05, 3.63) is 188 Å². The van der Waals surface area contributed by atoms with E-state index >= 15 is 0 Å². The molecule has 0 atom stereocenters. The minimum atomic E-state index is 1.08. The van der Waals surface area contributed by atoms with Gasteiger partial charge in [0.1, 0.15) is 0 Å². The second-order valence-electron chi connectivity index (χ2n) is 13.0. The SMILES string of the molecule is c1ccc(Nc2cc(-c3ccc4c(c3)sc3cccc(N(c5ccccc5)c5cc6ccccc6c6ccccc56)c34)cc3ccccc23)cc1. The Hall–Kier alpha value is -6.42. The van der Waals surface area contributed by atoms with E-state index in [1.54, 1.807) is 0 Å². The Labute approximate surface area is 300 Å². The summed E-state index contributed by atoms with van der Waals surface area (Å²) in [4.78, 5) is 2.46. The van der Waals surface area contributed by atoms with Crippen LogP contribution in [0.25, 0.3) is 63.6 Å². The lowest BCUT2D eigenvalue weighted by Crippen LogP contribution is -2.11. The van der Waals surface area contributed by atoms with E-state index in [0.29, 0.717) is 0 Å². The first kappa shape index (κ1) is 29.5. The van der Waals surface area contributed by atoms with Gasteiger partial charge in [0.15, 0.2) is 0 Å². The number of fused-ring (bicyclic) bond motifs is 7. The van der Waals surface area contributed by atoms with Crippen molar-refractivity contribution in [1.82, 2.24) is 0 Å². The van der Waals surface area contributed by atoms with E-state index in [4.69, 9.17) is 0 Å². The summed E-state index contributed by atoms with van der Waals surface area (Å²) >= 11 is 1.87. The van der Waals surface area contributed by atoms with Gasteiger partial charge in [0.05, 0.1) is 11.4 Å². The highest BCUT2D eigenvalue weighted by Gasteiger charge is 2.21. The number of hydrogen-bond acceptors (Lipinski definition) is 3. The molecule has 0 radical (unpaired) electrons. The molecule has 0 spiro atoms. The predicted molar refractivity (Wildman–Crippen MR) is 222 cm³/mol. The minimum absolute atomic E-state index is 1.08. The van der Waals surface area contributed by atoms with Gasteiger partial charge in [-0.3, -0.25) is 0 Å². The number of hydrogen-bond donors (Lipinski definition) is 1. The molecule has 0 aliphatic rings. The molecule has 0 unspecified atom stereocenters. The van der Waals surface area contributed by atoms with Crippen molar-refractivity contribution >= 4 is 92.3 Å². The third kappa shape index (κ3) is 5.10. The van der Waals surface area contributed by atoms with Gasteiger partial charge in [-0.2, -0.15) is 0 Å². The van der Waals surface area contributed by atoms with Gasteiger partial charge in [-0.15, -0.1) is 11.3 Å². The molecule has 1 aromatic heterocycles. The molecule has 0 aliphatic heterocycles. The molecule has 3 heteroatoms. The normalized spacial score (nSPS) is 11.5. The number of nitrogens with zero attached hydrogens (tertiary/aromatic N) is 1. The van der Waals surface area contributed by atoms with Crippen LogP contribution < -0.4 is 10.2 Å². The summed E-state index contributed by atoms with van der Waals surface area (Å²) < 4.78 is 2.55. The van der Waals surface area contributed by atoms with E-state index in [1.807, 2.05) is 11.3 Å². The second-order valence-corrected chi connectivity index (χ2v) is 14.1. The van der Waals surface area contributed by atoms with E-state index in [1.165, 1.54) is 75.0 Å². The fourth-order valence-corrected chi connectivity index (χ4v) is 8.80. The van der Waals surface area contributed by atoms with Gasteiger partial charge in [0, 0.05) is 48.0 Å². The standard InChI is InChI=1S/C48H32N2S/c1-3-16-36(17-4-1)49-43-29-35(28-33-14-8-10-21-39(33)43)32-26-27-42-47(31-32)51-46-25-13-24-44(48(42)46)50(37-18-5-2-6-19-37)45-30-34-15-7-9-20-38(34)40-22-11-12-23-41(40)45/h1-31,49H. The van der Waals surface area contributed by atoms with Crippen LogP contribution in [0.3, 0.4) is 0 Å². The van der Waals surface area contributed by atoms with Crippen molar-refractivity contribution < 1.29 is 0 Å². The number of rotatable bonds is 6. The van der Waals surface area contributed by atoms with Crippen LogP contribution in [-0.4, -0.2) is 0 Å². The van der Waals surface area contributed by atoms with E-state index in [2.05, 4.69) is 198 Å². The monoisotopic (exact) mass is 668 g/mol.